The fourth-order valence-electron chi connectivity index (χ4n) is 3.15. The number of nitro groups is 1. The number of imidazole rings is 1. The van der Waals surface area contributed by atoms with Gasteiger partial charge in [0.1, 0.15) is 18.1 Å². The van der Waals surface area contributed by atoms with Crippen molar-refractivity contribution in [1.82, 2.24) is 29.6 Å². The number of Topliss-reactive ketones (excluding diaryl/α,β-unsaturated/α-hetero) is 1. The van der Waals surface area contributed by atoms with E-state index in [2.05, 4.69) is 20.1 Å². The van der Waals surface area contributed by atoms with Crippen LogP contribution in [-0.4, -0.2) is 76.2 Å². The van der Waals surface area contributed by atoms with Crippen LogP contribution in [0.15, 0.2) is 67.3 Å². The van der Waals surface area contributed by atoms with E-state index in [0.29, 0.717) is 10.6 Å². The van der Waals surface area contributed by atoms with E-state index >= 15 is 0 Å². The molecule has 1 saturated heterocycles. The van der Waals surface area contributed by atoms with Crippen LogP contribution in [0, 0.1) is 10.1 Å². The number of aromatic nitrogens is 5. The highest BCUT2D eigenvalue weighted by atomic mass is 16.7. The highest BCUT2D eigenvalue weighted by Crippen LogP contribution is 2.12. The maximum absolute atomic E-state index is 11.0. The third kappa shape index (κ3) is 12.5. The summed E-state index contributed by atoms with van der Waals surface area (Å²) in [6, 6.07) is 12.9. The number of fused-ring (bicyclic) bond motifs is 1. The highest BCUT2D eigenvalue weighted by Gasteiger charge is 2.31. The molecule has 1 fully saturated rings. The van der Waals surface area contributed by atoms with E-state index in [4.69, 9.17) is 4.79 Å². The van der Waals surface area contributed by atoms with Crippen molar-refractivity contribution in [3.63, 3.8) is 0 Å². The Hall–Kier alpha value is -6.26. The number of carbonyl (C=O) groups is 7. The normalized spacial score (nSPS) is 11.2. The lowest BCUT2D eigenvalue weighted by Crippen LogP contribution is -2.30. The van der Waals surface area contributed by atoms with Crippen molar-refractivity contribution >= 4 is 58.4 Å². The molecule has 17 nitrogen and oxygen atoms in total. The number of aldehydes is 1. The molecular weight excluding hydrogens is 606 g/mol. The third-order valence-corrected chi connectivity index (χ3v) is 5.23. The number of hydrogen-bond donors (Lipinski definition) is 0. The average Bonchev–Trinajstić information content (AvgIpc) is 3.77. The molecule has 242 valence electrons. The van der Waals surface area contributed by atoms with Gasteiger partial charge in [-0.1, -0.05) is 17.3 Å². The predicted molar refractivity (Wildman–Crippen MR) is 160 cm³/mol. The van der Waals surface area contributed by atoms with Crippen LogP contribution in [0.2, 0.25) is 0 Å². The molecular formula is C29H31N7O10. The van der Waals surface area contributed by atoms with Gasteiger partial charge in [-0.3, -0.25) is 38.7 Å². The molecule has 2 amide bonds. The van der Waals surface area contributed by atoms with Gasteiger partial charge >= 0.3 is 5.97 Å². The van der Waals surface area contributed by atoms with Crippen LogP contribution in [0.3, 0.4) is 0 Å². The lowest BCUT2D eigenvalue weighted by atomic mass is 10.1. The summed E-state index contributed by atoms with van der Waals surface area (Å²) in [7, 11) is 0. The molecule has 0 aliphatic carbocycles. The lowest BCUT2D eigenvalue weighted by Gasteiger charge is -2.09. The Morgan fingerprint density at radius 2 is 1.48 bits per heavy atom. The van der Waals surface area contributed by atoms with Crippen molar-refractivity contribution < 1.29 is 43.3 Å². The summed E-state index contributed by atoms with van der Waals surface area (Å²) < 4.78 is 2.70. The Bertz CT molecular complexity index is 1630. The van der Waals surface area contributed by atoms with Gasteiger partial charge in [-0.2, -0.15) is 4.68 Å². The van der Waals surface area contributed by atoms with Crippen LogP contribution < -0.4 is 0 Å². The van der Waals surface area contributed by atoms with Gasteiger partial charge in [0.05, 0.1) is 10.4 Å². The molecule has 17 heteroatoms. The Balaban J connectivity index is 0.000000301. The van der Waals surface area contributed by atoms with E-state index in [-0.39, 0.29) is 36.1 Å². The minimum atomic E-state index is -0.659. The third-order valence-electron chi connectivity index (χ3n) is 5.23. The summed E-state index contributed by atoms with van der Waals surface area (Å²) in [4.78, 5) is 90.5. The summed E-state index contributed by atoms with van der Waals surface area (Å²) in [5.41, 5.74) is 1.98. The fraction of sp³-hybridized carbons (Fsp3) is 0.241. The highest BCUT2D eigenvalue weighted by molar-refractivity contribution is 6.01. The van der Waals surface area contributed by atoms with Gasteiger partial charge in [0.2, 0.25) is 11.8 Å². The van der Waals surface area contributed by atoms with Crippen LogP contribution in [0.25, 0.3) is 11.0 Å². The molecule has 5 rings (SSSR count). The summed E-state index contributed by atoms with van der Waals surface area (Å²) in [5, 5.41) is 18.3. The number of imide groups is 1. The second kappa shape index (κ2) is 19.1. The Morgan fingerprint density at radius 3 is 1.89 bits per heavy atom. The van der Waals surface area contributed by atoms with Gasteiger partial charge in [-0.25, -0.2) is 9.78 Å². The first kappa shape index (κ1) is 37.8. The van der Waals surface area contributed by atoms with Crippen molar-refractivity contribution in [2.45, 2.75) is 47.5 Å². The van der Waals surface area contributed by atoms with Gasteiger partial charge in [-0.15, -0.1) is 10.2 Å². The minimum absolute atomic E-state index is 0.000000000000000222. The van der Waals surface area contributed by atoms with Gasteiger partial charge in [-0.05, 0) is 38.1 Å². The number of amides is 2. The monoisotopic (exact) mass is 637 g/mol. The number of hydroxylamine groups is 2. The average molecular weight is 638 g/mol. The second-order valence-corrected chi connectivity index (χ2v) is 8.76. The van der Waals surface area contributed by atoms with Crippen LogP contribution in [0.5, 0.6) is 0 Å². The van der Waals surface area contributed by atoms with Gasteiger partial charge in [0.15, 0.2) is 5.78 Å². The molecule has 0 radical (unpaired) electrons. The molecule has 0 unspecified atom stereocenters. The number of ketones is 1. The first-order valence-electron chi connectivity index (χ1n) is 13.2. The molecule has 0 atom stereocenters. The van der Waals surface area contributed by atoms with Crippen LogP contribution in [0.4, 0.5) is 5.69 Å². The number of non-ortho nitro benzene ring substituents is 1. The molecule has 2 aromatic carbocycles. The topological polar surface area (TPSA) is 224 Å². The lowest BCUT2D eigenvalue weighted by molar-refractivity contribution is -0.384. The van der Waals surface area contributed by atoms with Gasteiger partial charge < -0.3 is 9.63 Å². The minimum Gasteiger partial charge on any atom is -0.331 e. The number of nitro benzene ring substituents is 1. The number of benzene rings is 2. The predicted octanol–water partition coefficient (Wildman–Crippen LogP) is 3.25. The number of nitrogens with zero attached hydrogens (tertiary/aromatic N) is 7. The SMILES string of the molecule is CC(=O)ON1C(=O)CCC1=O.CC(=O)c1ccc([N+](=O)[O-])cc1.CC(=O)n1ccnc1.CC(=O)n1nnc2ccccc21.CC=O. The summed E-state index contributed by atoms with van der Waals surface area (Å²) in [6.45, 7) is 6.95. The molecule has 0 spiro atoms. The molecule has 0 N–H and O–H groups in total. The zero-order valence-electron chi connectivity index (χ0n) is 25.6. The Morgan fingerprint density at radius 1 is 0.913 bits per heavy atom. The van der Waals surface area contributed by atoms with Crippen molar-refractivity contribution in [3.8, 4) is 0 Å². The molecule has 1 aliphatic rings. The molecule has 4 aromatic rings. The maximum atomic E-state index is 11.0. The van der Waals surface area contributed by atoms with E-state index in [9.17, 15) is 38.9 Å². The number of hydrogen-bond acceptors (Lipinski definition) is 13. The van der Waals surface area contributed by atoms with E-state index < -0.39 is 22.7 Å². The zero-order valence-corrected chi connectivity index (χ0v) is 25.6. The molecule has 0 bridgehead atoms. The molecule has 46 heavy (non-hydrogen) atoms. The van der Waals surface area contributed by atoms with Crippen LogP contribution >= 0.6 is 0 Å². The van der Waals surface area contributed by atoms with Crippen molar-refractivity contribution in [3.05, 3.63) is 82.9 Å². The van der Waals surface area contributed by atoms with Crippen molar-refractivity contribution in [1.29, 1.82) is 0 Å². The maximum Gasteiger partial charge on any atom is 0.330 e. The van der Waals surface area contributed by atoms with Crippen molar-refractivity contribution in [2.75, 3.05) is 0 Å². The van der Waals surface area contributed by atoms with E-state index in [1.165, 1.54) is 67.5 Å². The smallest absolute Gasteiger partial charge is 0.330 e. The summed E-state index contributed by atoms with van der Waals surface area (Å²) in [5.74, 6) is -1.79. The van der Waals surface area contributed by atoms with Crippen LogP contribution in [-0.2, 0) is 24.0 Å². The second-order valence-electron chi connectivity index (χ2n) is 8.76. The number of rotatable bonds is 3. The molecule has 0 saturated carbocycles. The zero-order chi connectivity index (χ0) is 34.8. The molecule has 3 heterocycles. The van der Waals surface area contributed by atoms with Crippen LogP contribution in [0.1, 0.15) is 67.4 Å². The first-order chi connectivity index (χ1) is 21.7. The standard InChI is InChI=1S/C8H7N3O.C8H7NO3.C6H7NO4.C5H6N2O.C2H4O/c1-6(12)11-8-5-3-2-4-7(8)9-10-11;1-6(10)7-2-4-8(5-3-7)9(11)12;1-4(8)11-7-5(9)2-3-6(7)10;1-5(8)7-3-2-6-4-7;1-2-3/h2*2-5H,1H3;2-3H2,1H3;2-4H,1H3;2H,1H3. The Labute approximate surface area is 261 Å². The van der Waals surface area contributed by atoms with Crippen molar-refractivity contribution in [2.24, 2.45) is 0 Å². The fourth-order valence-corrected chi connectivity index (χ4v) is 3.15. The van der Waals surface area contributed by atoms with E-state index in [0.717, 1.165) is 24.2 Å². The molecule has 1 aliphatic heterocycles. The number of para-hydroxylation sites is 1. The van der Waals surface area contributed by atoms with Gasteiger partial charge in [0.25, 0.3) is 17.5 Å². The first-order valence-corrected chi connectivity index (χ1v) is 13.2. The largest absolute Gasteiger partial charge is 0.331 e. The van der Waals surface area contributed by atoms with Gasteiger partial charge in [0, 0.05) is 63.7 Å². The quantitative estimate of drug-likeness (QED) is 0.103. The number of carbonyl (C=O) groups excluding carboxylic acids is 7. The molecule has 2 aromatic heterocycles. The summed E-state index contributed by atoms with van der Waals surface area (Å²) in [6.07, 6.45) is 5.67. The summed E-state index contributed by atoms with van der Waals surface area (Å²) >= 11 is 0. The van der Waals surface area contributed by atoms with E-state index in [1.54, 1.807) is 12.4 Å². The van der Waals surface area contributed by atoms with E-state index in [1.807, 2.05) is 24.3 Å². The Kier molecular flexibility index (Phi) is 15.7.